The number of piperazine rings is 1. The van der Waals surface area contributed by atoms with Crippen molar-refractivity contribution in [2.45, 2.75) is 13.1 Å². The number of aliphatic hydroxyl groups is 1. The zero-order valence-corrected chi connectivity index (χ0v) is 13.9. The summed E-state index contributed by atoms with van der Waals surface area (Å²) in [7, 11) is 0. The van der Waals surface area contributed by atoms with Crippen molar-refractivity contribution < 1.29 is 5.11 Å². The number of hydrogen-bond donors (Lipinski definition) is 1. The van der Waals surface area contributed by atoms with E-state index in [9.17, 15) is 0 Å². The van der Waals surface area contributed by atoms with E-state index in [0.29, 0.717) is 0 Å². The van der Waals surface area contributed by atoms with Gasteiger partial charge in [0, 0.05) is 55.1 Å². The summed E-state index contributed by atoms with van der Waals surface area (Å²) in [6.07, 6.45) is 3.35. The molecule has 0 unspecified atom stereocenters. The smallest absolute Gasteiger partial charge is 0.137 e. The lowest BCUT2D eigenvalue weighted by Gasteiger charge is -2.34. The van der Waals surface area contributed by atoms with Crippen molar-refractivity contribution >= 4 is 11.3 Å². The summed E-state index contributed by atoms with van der Waals surface area (Å²) in [4.78, 5) is 10.3. The van der Waals surface area contributed by atoms with Gasteiger partial charge in [-0.1, -0.05) is 11.8 Å². The molecule has 0 aliphatic carbocycles. The van der Waals surface area contributed by atoms with Crippen molar-refractivity contribution in [3.8, 4) is 11.8 Å². The molecule has 0 bridgehead atoms. The molecule has 0 radical (unpaired) electrons. The SMILES string of the molecule is OCC#Cc1csc(CN2CCN(CCn3cncn3)CC2)c1. The first-order chi connectivity index (χ1) is 11.3. The highest BCUT2D eigenvalue weighted by Crippen LogP contribution is 2.17. The van der Waals surface area contributed by atoms with E-state index in [0.717, 1.165) is 51.4 Å². The monoisotopic (exact) mass is 331 g/mol. The molecular weight excluding hydrogens is 310 g/mol. The van der Waals surface area contributed by atoms with Crippen LogP contribution in [0.15, 0.2) is 24.1 Å². The molecule has 0 amide bonds. The fraction of sp³-hybridized carbons (Fsp3) is 0.500. The van der Waals surface area contributed by atoms with Gasteiger partial charge in [-0.25, -0.2) is 4.98 Å². The van der Waals surface area contributed by atoms with Crippen LogP contribution in [0.25, 0.3) is 0 Å². The maximum atomic E-state index is 8.73. The Morgan fingerprint density at radius 3 is 2.74 bits per heavy atom. The predicted octanol–water partition coefficient (Wildman–Crippen LogP) is 0.501. The van der Waals surface area contributed by atoms with Gasteiger partial charge in [-0.15, -0.1) is 11.3 Å². The third-order valence-electron chi connectivity index (χ3n) is 3.92. The van der Waals surface area contributed by atoms with E-state index in [2.05, 4.69) is 43.2 Å². The lowest BCUT2D eigenvalue weighted by Crippen LogP contribution is -2.46. The summed E-state index contributed by atoms with van der Waals surface area (Å²) in [6.45, 7) is 7.20. The van der Waals surface area contributed by atoms with Crippen LogP contribution in [0.3, 0.4) is 0 Å². The van der Waals surface area contributed by atoms with Crippen molar-refractivity contribution in [1.29, 1.82) is 0 Å². The van der Waals surface area contributed by atoms with E-state index >= 15 is 0 Å². The Balaban J connectivity index is 1.41. The van der Waals surface area contributed by atoms with Gasteiger partial charge in [-0.3, -0.25) is 14.5 Å². The van der Waals surface area contributed by atoms with Crippen LogP contribution in [0, 0.1) is 11.8 Å². The highest BCUT2D eigenvalue weighted by molar-refractivity contribution is 7.10. The first kappa shape index (κ1) is 16.1. The first-order valence-corrected chi connectivity index (χ1v) is 8.66. The number of aliphatic hydroxyl groups excluding tert-OH is 1. The van der Waals surface area contributed by atoms with Crippen LogP contribution < -0.4 is 0 Å². The number of aromatic nitrogens is 3. The summed E-state index contributed by atoms with van der Waals surface area (Å²) in [5, 5.41) is 14.9. The Morgan fingerprint density at radius 2 is 2.00 bits per heavy atom. The molecule has 23 heavy (non-hydrogen) atoms. The zero-order valence-electron chi connectivity index (χ0n) is 13.1. The third kappa shape index (κ3) is 4.88. The predicted molar refractivity (Wildman–Crippen MR) is 90.0 cm³/mol. The second-order valence-electron chi connectivity index (χ2n) is 5.54. The largest absolute Gasteiger partial charge is 0.384 e. The normalized spacial score (nSPS) is 16.2. The molecule has 1 aliphatic heterocycles. The second-order valence-corrected chi connectivity index (χ2v) is 6.53. The van der Waals surface area contributed by atoms with E-state index in [1.165, 1.54) is 4.88 Å². The molecule has 1 fully saturated rings. The highest BCUT2D eigenvalue weighted by Gasteiger charge is 2.17. The standard InChI is InChI=1S/C16H21N5OS/c22-9-1-2-15-10-16(23-12-15)11-20-5-3-19(4-6-20)7-8-21-14-17-13-18-21/h10,12-14,22H,3-9,11H2. The molecule has 0 saturated carbocycles. The quantitative estimate of drug-likeness (QED) is 0.809. The first-order valence-electron chi connectivity index (χ1n) is 7.78. The summed E-state index contributed by atoms with van der Waals surface area (Å²) >= 11 is 1.75. The summed E-state index contributed by atoms with van der Waals surface area (Å²) in [5.74, 6) is 5.65. The van der Waals surface area contributed by atoms with Gasteiger partial charge in [0.2, 0.25) is 0 Å². The molecule has 3 rings (SSSR count). The van der Waals surface area contributed by atoms with Gasteiger partial charge in [-0.2, -0.15) is 5.10 Å². The van der Waals surface area contributed by atoms with Crippen LogP contribution in [-0.2, 0) is 13.1 Å². The Bertz CT molecular complexity index is 650. The maximum absolute atomic E-state index is 8.73. The third-order valence-corrected chi connectivity index (χ3v) is 4.84. The van der Waals surface area contributed by atoms with Gasteiger partial charge in [0.05, 0.1) is 6.54 Å². The minimum Gasteiger partial charge on any atom is -0.384 e. The number of hydrogen-bond acceptors (Lipinski definition) is 6. The zero-order chi connectivity index (χ0) is 15.9. The fourth-order valence-electron chi connectivity index (χ4n) is 2.65. The Kier molecular flexibility index (Phi) is 5.77. The van der Waals surface area contributed by atoms with Gasteiger partial charge in [0.25, 0.3) is 0 Å². The number of thiophene rings is 1. The van der Waals surface area contributed by atoms with Gasteiger partial charge >= 0.3 is 0 Å². The molecule has 2 aromatic heterocycles. The highest BCUT2D eigenvalue weighted by atomic mass is 32.1. The number of rotatable bonds is 5. The molecule has 122 valence electrons. The minimum atomic E-state index is -0.0816. The van der Waals surface area contributed by atoms with E-state index < -0.39 is 0 Å². The molecule has 0 atom stereocenters. The minimum absolute atomic E-state index is 0.0816. The molecule has 2 aromatic rings. The summed E-state index contributed by atoms with van der Waals surface area (Å²) in [5.41, 5.74) is 1.01. The molecule has 0 aromatic carbocycles. The lowest BCUT2D eigenvalue weighted by atomic mass is 10.2. The van der Waals surface area contributed by atoms with Gasteiger partial charge in [0.15, 0.2) is 0 Å². The van der Waals surface area contributed by atoms with Crippen LogP contribution >= 0.6 is 11.3 Å². The topological polar surface area (TPSA) is 57.4 Å². The molecule has 6 nitrogen and oxygen atoms in total. The van der Waals surface area contributed by atoms with Crippen LogP contribution in [0.4, 0.5) is 0 Å². The van der Waals surface area contributed by atoms with Crippen LogP contribution in [0.2, 0.25) is 0 Å². The van der Waals surface area contributed by atoms with Gasteiger partial charge in [0.1, 0.15) is 19.3 Å². The average Bonchev–Trinajstić information content (AvgIpc) is 3.24. The van der Waals surface area contributed by atoms with Crippen LogP contribution in [0.1, 0.15) is 10.4 Å². The van der Waals surface area contributed by atoms with Crippen molar-refractivity contribution in [3.05, 3.63) is 34.5 Å². The van der Waals surface area contributed by atoms with E-state index in [1.54, 1.807) is 24.0 Å². The van der Waals surface area contributed by atoms with Crippen molar-refractivity contribution in [3.63, 3.8) is 0 Å². The Labute approximate surface area is 140 Å². The number of nitrogens with zero attached hydrogens (tertiary/aromatic N) is 5. The van der Waals surface area contributed by atoms with Crippen LogP contribution in [-0.4, -0.2) is 69.0 Å². The summed E-state index contributed by atoms with van der Waals surface area (Å²) < 4.78 is 1.88. The van der Waals surface area contributed by atoms with Gasteiger partial charge < -0.3 is 5.11 Å². The van der Waals surface area contributed by atoms with Crippen molar-refractivity contribution in [1.82, 2.24) is 24.6 Å². The Morgan fingerprint density at radius 1 is 1.17 bits per heavy atom. The molecule has 1 N–H and O–H groups in total. The van der Waals surface area contributed by atoms with E-state index in [-0.39, 0.29) is 6.61 Å². The van der Waals surface area contributed by atoms with E-state index in [4.69, 9.17) is 5.11 Å². The fourth-order valence-corrected chi connectivity index (χ4v) is 3.51. The molecule has 7 heteroatoms. The molecular formula is C16H21N5OS. The van der Waals surface area contributed by atoms with Crippen LogP contribution in [0.5, 0.6) is 0 Å². The maximum Gasteiger partial charge on any atom is 0.137 e. The van der Waals surface area contributed by atoms with Crippen molar-refractivity contribution in [2.24, 2.45) is 0 Å². The van der Waals surface area contributed by atoms with Crippen molar-refractivity contribution in [2.75, 3.05) is 39.3 Å². The van der Waals surface area contributed by atoms with Gasteiger partial charge in [-0.05, 0) is 6.07 Å². The molecule has 0 spiro atoms. The second kappa shape index (κ2) is 8.22. The average molecular weight is 331 g/mol. The lowest BCUT2D eigenvalue weighted by molar-refractivity contribution is 0.124. The summed E-state index contributed by atoms with van der Waals surface area (Å²) in [6, 6.07) is 2.13. The molecule has 1 saturated heterocycles. The molecule has 1 aliphatic rings. The molecule has 3 heterocycles. The van der Waals surface area contributed by atoms with E-state index in [1.807, 2.05) is 4.68 Å². The Hall–Kier alpha value is -1.72.